The molecule has 41 heavy (non-hydrogen) atoms. The second-order valence-electron chi connectivity index (χ2n) is 10.5. The van der Waals surface area contributed by atoms with Crippen LogP contribution in [0.25, 0.3) is 0 Å². The fourth-order valence-electron chi connectivity index (χ4n) is 5.90. The Hall–Kier alpha value is -4.08. The number of carboxylic acid groups (broad SMARTS) is 1. The Morgan fingerprint density at radius 1 is 1.05 bits per heavy atom. The molecular formula is C32H37N3O6. The van der Waals surface area contributed by atoms with Crippen LogP contribution in [0.5, 0.6) is 17.2 Å². The molecule has 9 nitrogen and oxygen atoms in total. The molecule has 0 aromatic heterocycles. The summed E-state index contributed by atoms with van der Waals surface area (Å²) in [7, 11) is 1.59. The number of methoxy groups -OCH3 is 1. The second kappa shape index (κ2) is 12.6. The number of ether oxygens (including phenoxy) is 3. The number of benzene rings is 3. The van der Waals surface area contributed by atoms with Crippen molar-refractivity contribution in [3.63, 3.8) is 0 Å². The molecule has 2 aliphatic rings. The normalized spacial score (nSPS) is 19.7. The fraction of sp³-hybridized carbons (Fsp3) is 0.375. The van der Waals surface area contributed by atoms with Crippen molar-refractivity contribution in [1.82, 2.24) is 4.90 Å². The SMILES string of the molecule is CCCCN(C(=O)CN1C[C@H](c2ccc3c(c2)OCO3)[C@H](C(=O)O)[C@H]1c1ccc(OC)cc1)c1cccc(CN)c1. The third-order valence-electron chi connectivity index (χ3n) is 8.00. The molecule has 0 radical (unpaired) electrons. The summed E-state index contributed by atoms with van der Waals surface area (Å²) in [5, 5.41) is 10.6. The number of nitrogens with two attached hydrogens (primary N) is 1. The zero-order chi connectivity index (χ0) is 28.9. The van der Waals surface area contributed by atoms with Crippen molar-refractivity contribution in [3.05, 3.63) is 83.4 Å². The average Bonchev–Trinajstić information content (AvgIpc) is 3.62. The summed E-state index contributed by atoms with van der Waals surface area (Å²) in [6.45, 7) is 3.64. The van der Waals surface area contributed by atoms with Crippen LogP contribution in [0.4, 0.5) is 5.69 Å². The van der Waals surface area contributed by atoms with Gasteiger partial charge in [-0.05, 0) is 59.5 Å². The highest BCUT2D eigenvalue weighted by Gasteiger charge is 2.48. The summed E-state index contributed by atoms with van der Waals surface area (Å²) in [5.74, 6) is -0.230. The molecule has 0 bridgehead atoms. The molecule has 9 heteroatoms. The third-order valence-corrected chi connectivity index (χ3v) is 8.00. The highest BCUT2D eigenvalue weighted by molar-refractivity contribution is 5.95. The van der Waals surface area contributed by atoms with E-state index in [1.54, 1.807) is 12.0 Å². The molecule has 3 aromatic rings. The molecule has 0 unspecified atom stereocenters. The Balaban J connectivity index is 1.51. The van der Waals surface area contributed by atoms with Gasteiger partial charge in [-0.25, -0.2) is 0 Å². The van der Waals surface area contributed by atoms with Crippen LogP contribution in [-0.4, -0.2) is 55.4 Å². The highest BCUT2D eigenvalue weighted by Crippen LogP contribution is 2.48. The standard InChI is InChI=1S/C32H37N3O6/c1-3-4-14-35(24-7-5-6-21(15-24)17-33)29(36)19-34-18-26(23-10-13-27-28(16-23)41-20-40-27)30(32(37)38)31(34)22-8-11-25(39-2)12-9-22/h5-13,15-16,26,30-31H,3-4,14,17-20,33H2,1-2H3,(H,37,38)/t26-,30+,31-/m1/s1. The fourth-order valence-corrected chi connectivity index (χ4v) is 5.90. The lowest BCUT2D eigenvalue weighted by atomic mass is 9.82. The molecule has 0 aliphatic carbocycles. The Morgan fingerprint density at radius 2 is 1.80 bits per heavy atom. The largest absolute Gasteiger partial charge is 0.497 e. The van der Waals surface area contributed by atoms with Crippen LogP contribution >= 0.6 is 0 Å². The number of amides is 1. The molecule has 1 amide bonds. The quantitative estimate of drug-likeness (QED) is 0.352. The Labute approximate surface area is 240 Å². The number of hydrogen-bond acceptors (Lipinski definition) is 7. The predicted octanol–water partition coefficient (Wildman–Crippen LogP) is 4.56. The molecule has 1 fully saturated rings. The van der Waals surface area contributed by atoms with Gasteiger partial charge in [-0.3, -0.25) is 14.5 Å². The van der Waals surface area contributed by atoms with Crippen molar-refractivity contribution in [1.29, 1.82) is 0 Å². The first-order valence-electron chi connectivity index (χ1n) is 14.0. The number of unbranched alkanes of at least 4 members (excludes halogenated alkanes) is 1. The van der Waals surface area contributed by atoms with Gasteiger partial charge in [0.2, 0.25) is 12.7 Å². The number of fused-ring (bicyclic) bond motifs is 1. The van der Waals surface area contributed by atoms with E-state index in [0.717, 1.165) is 35.2 Å². The monoisotopic (exact) mass is 559 g/mol. The molecule has 2 heterocycles. The van der Waals surface area contributed by atoms with E-state index < -0.39 is 17.9 Å². The summed E-state index contributed by atoms with van der Waals surface area (Å²) >= 11 is 0. The van der Waals surface area contributed by atoms with Gasteiger partial charge >= 0.3 is 5.97 Å². The van der Waals surface area contributed by atoms with E-state index in [1.165, 1.54) is 0 Å². The molecule has 2 aliphatic heterocycles. The minimum atomic E-state index is -0.915. The first-order chi connectivity index (χ1) is 19.9. The van der Waals surface area contributed by atoms with E-state index in [1.807, 2.05) is 71.6 Å². The number of carboxylic acids is 1. The summed E-state index contributed by atoms with van der Waals surface area (Å²) in [6, 6.07) is 20.2. The first kappa shape index (κ1) is 28.4. The molecule has 216 valence electrons. The van der Waals surface area contributed by atoms with Gasteiger partial charge in [-0.1, -0.05) is 43.7 Å². The van der Waals surface area contributed by atoms with E-state index in [9.17, 15) is 14.7 Å². The molecule has 5 rings (SSSR count). The lowest BCUT2D eigenvalue weighted by Gasteiger charge is -2.30. The molecular weight excluding hydrogens is 522 g/mol. The molecule has 3 atom stereocenters. The van der Waals surface area contributed by atoms with Gasteiger partial charge in [0.1, 0.15) is 5.75 Å². The van der Waals surface area contributed by atoms with Crippen molar-refractivity contribution in [3.8, 4) is 17.2 Å². The number of anilines is 1. The molecule has 0 spiro atoms. The van der Waals surface area contributed by atoms with Crippen LogP contribution in [-0.2, 0) is 16.1 Å². The van der Waals surface area contributed by atoms with Crippen molar-refractivity contribution in [2.24, 2.45) is 11.7 Å². The number of carbonyl (C=O) groups is 2. The van der Waals surface area contributed by atoms with E-state index in [2.05, 4.69) is 6.92 Å². The minimum absolute atomic E-state index is 0.0676. The molecule has 3 N–H and O–H groups in total. The van der Waals surface area contributed by atoms with Gasteiger partial charge < -0.3 is 30.0 Å². The average molecular weight is 560 g/mol. The van der Waals surface area contributed by atoms with Crippen LogP contribution in [0.3, 0.4) is 0 Å². The van der Waals surface area contributed by atoms with Crippen LogP contribution in [0.1, 0.15) is 48.4 Å². The van der Waals surface area contributed by atoms with Crippen LogP contribution in [0.2, 0.25) is 0 Å². The molecule has 1 saturated heterocycles. The summed E-state index contributed by atoms with van der Waals surface area (Å²) in [5.41, 5.74) is 9.29. The van der Waals surface area contributed by atoms with Crippen LogP contribution < -0.4 is 24.8 Å². The van der Waals surface area contributed by atoms with Gasteiger partial charge in [0.05, 0.1) is 19.6 Å². The Bertz CT molecular complexity index is 1380. The van der Waals surface area contributed by atoms with Crippen molar-refractivity contribution in [2.75, 3.05) is 38.4 Å². The number of hydrogen-bond donors (Lipinski definition) is 2. The maximum Gasteiger partial charge on any atom is 0.309 e. The number of likely N-dealkylation sites (tertiary alicyclic amines) is 1. The molecule has 0 saturated carbocycles. The van der Waals surface area contributed by atoms with Gasteiger partial charge in [-0.2, -0.15) is 0 Å². The summed E-state index contributed by atoms with van der Waals surface area (Å²) < 4.78 is 16.4. The van der Waals surface area contributed by atoms with Gasteiger partial charge in [0.25, 0.3) is 0 Å². The van der Waals surface area contributed by atoms with Crippen LogP contribution in [0.15, 0.2) is 66.7 Å². The van der Waals surface area contributed by atoms with Crippen molar-refractivity contribution in [2.45, 2.75) is 38.3 Å². The first-order valence-corrected chi connectivity index (χ1v) is 14.0. The number of carbonyl (C=O) groups excluding carboxylic acids is 1. The Morgan fingerprint density at radius 3 is 2.51 bits per heavy atom. The molecule has 3 aromatic carbocycles. The third kappa shape index (κ3) is 6.01. The maximum absolute atomic E-state index is 14.0. The van der Waals surface area contributed by atoms with E-state index in [-0.39, 0.29) is 25.2 Å². The number of aliphatic carboxylic acids is 1. The van der Waals surface area contributed by atoms with Crippen molar-refractivity contribution < 1.29 is 28.9 Å². The predicted molar refractivity (Wildman–Crippen MR) is 155 cm³/mol. The van der Waals surface area contributed by atoms with E-state index >= 15 is 0 Å². The lowest BCUT2D eigenvalue weighted by molar-refractivity contribution is -0.143. The summed E-state index contributed by atoms with van der Waals surface area (Å²) in [6.07, 6.45) is 1.78. The Kier molecular flexibility index (Phi) is 8.75. The summed E-state index contributed by atoms with van der Waals surface area (Å²) in [4.78, 5) is 30.7. The van der Waals surface area contributed by atoms with Crippen molar-refractivity contribution >= 4 is 17.6 Å². The van der Waals surface area contributed by atoms with E-state index in [4.69, 9.17) is 19.9 Å². The smallest absolute Gasteiger partial charge is 0.309 e. The lowest BCUT2D eigenvalue weighted by Crippen LogP contribution is -2.41. The van der Waals surface area contributed by atoms with Crippen LogP contribution in [0, 0.1) is 5.92 Å². The maximum atomic E-state index is 14.0. The highest BCUT2D eigenvalue weighted by atomic mass is 16.7. The van der Waals surface area contributed by atoms with Gasteiger partial charge in [0, 0.05) is 37.3 Å². The van der Waals surface area contributed by atoms with Gasteiger partial charge in [-0.15, -0.1) is 0 Å². The zero-order valence-electron chi connectivity index (χ0n) is 23.5. The van der Waals surface area contributed by atoms with E-state index in [0.29, 0.717) is 36.9 Å². The topological polar surface area (TPSA) is 115 Å². The zero-order valence-corrected chi connectivity index (χ0v) is 23.5. The minimum Gasteiger partial charge on any atom is -0.497 e. The second-order valence-corrected chi connectivity index (χ2v) is 10.5. The number of nitrogens with zero attached hydrogens (tertiary/aromatic N) is 2. The number of rotatable bonds is 11. The van der Waals surface area contributed by atoms with Gasteiger partial charge in [0.15, 0.2) is 11.5 Å².